The van der Waals surface area contributed by atoms with Gasteiger partial charge in [0.15, 0.2) is 0 Å². The van der Waals surface area contributed by atoms with Gasteiger partial charge in [0, 0.05) is 43.8 Å². The molecule has 3 aromatic heterocycles. The second-order valence-electron chi connectivity index (χ2n) is 6.60. The summed E-state index contributed by atoms with van der Waals surface area (Å²) in [6.07, 6.45) is 8.08. The number of hydrogen-bond donors (Lipinski definition) is 0. The normalized spacial score (nSPS) is 18.5. The molecule has 6 heteroatoms. The Labute approximate surface area is 146 Å². The number of hydrogen-bond acceptors (Lipinski definition) is 4. The summed E-state index contributed by atoms with van der Waals surface area (Å²) in [6, 6.07) is 8.31. The highest BCUT2D eigenvalue weighted by Gasteiger charge is 2.23. The summed E-state index contributed by atoms with van der Waals surface area (Å²) in [7, 11) is 0. The molecular formula is C19H21N5O. The Hall–Kier alpha value is -2.62. The van der Waals surface area contributed by atoms with Crippen LogP contribution in [-0.4, -0.2) is 44.9 Å². The van der Waals surface area contributed by atoms with E-state index in [1.807, 2.05) is 52.8 Å². The summed E-state index contributed by atoms with van der Waals surface area (Å²) in [5.41, 5.74) is 3.97. The molecule has 1 unspecified atom stereocenters. The Morgan fingerprint density at radius 3 is 3.08 bits per heavy atom. The Morgan fingerprint density at radius 2 is 2.28 bits per heavy atom. The Balaban J connectivity index is 1.48. The van der Waals surface area contributed by atoms with Gasteiger partial charge in [0.05, 0.1) is 36.5 Å². The van der Waals surface area contributed by atoms with Gasteiger partial charge >= 0.3 is 0 Å². The molecule has 4 heterocycles. The van der Waals surface area contributed by atoms with Crippen molar-refractivity contribution in [3.05, 3.63) is 59.7 Å². The number of nitriles is 1. The van der Waals surface area contributed by atoms with Gasteiger partial charge in [-0.3, -0.25) is 9.58 Å². The van der Waals surface area contributed by atoms with Crippen molar-refractivity contribution in [1.29, 1.82) is 5.26 Å². The zero-order valence-corrected chi connectivity index (χ0v) is 14.3. The molecule has 3 aromatic rings. The molecule has 6 nitrogen and oxygen atoms in total. The van der Waals surface area contributed by atoms with E-state index in [4.69, 9.17) is 4.74 Å². The van der Waals surface area contributed by atoms with Crippen LogP contribution in [-0.2, 0) is 17.8 Å². The zero-order chi connectivity index (χ0) is 17.2. The number of fused-ring (bicyclic) bond motifs is 1. The smallest absolute Gasteiger partial charge is 0.102 e. The lowest BCUT2D eigenvalue weighted by Gasteiger charge is -2.32. The van der Waals surface area contributed by atoms with E-state index < -0.39 is 0 Å². The van der Waals surface area contributed by atoms with E-state index in [0.717, 1.165) is 48.4 Å². The van der Waals surface area contributed by atoms with Gasteiger partial charge in [-0.05, 0) is 24.6 Å². The van der Waals surface area contributed by atoms with Gasteiger partial charge in [0.1, 0.15) is 6.07 Å². The summed E-state index contributed by atoms with van der Waals surface area (Å²) >= 11 is 0. The number of aryl methyl sites for hydroxylation is 1. The van der Waals surface area contributed by atoms with Crippen LogP contribution in [0.25, 0.3) is 5.52 Å². The van der Waals surface area contributed by atoms with Gasteiger partial charge in [0.2, 0.25) is 0 Å². The minimum atomic E-state index is 0.121. The summed E-state index contributed by atoms with van der Waals surface area (Å²) in [6.45, 7) is 6.00. The Kier molecular flexibility index (Phi) is 4.26. The van der Waals surface area contributed by atoms with Crippen LogP contribution in [0.3, 0.4) is 0 Å². The van der Waals surface area contributed by atoms with Crippen LogP contribution in [0.4, 0.5) is 0 Å². The molecule has 0 N–H and O–H groups in total. The fourth-order valence-electron chi connectivity index (χ4n) is 3.48. The molecule has 1 atom stereocenters. The lowest BCUT2D eigenvalue weighted by Crippen LogP contribution is -2.43. The highest BCUT2D eigenvalue weighted by Crippen LogP contribution is 2.20. The van der Waals surface area contributed by atoms with Gasteiger partial charge < -0.3 is 9.14 Å². The molecule has 4 rings (SSSR count). The molecule has 1 saturated heterocycles. The van der Waals surface area contributed by atoms with Crippen molar-refractivity contribution in [3.63, 3.8) is 0 Å². The van der Waals surface area contributed by atoms with Gasteiger partial charge in [-0.15, -0.1) is 0 Å². The van der Waals surface area contributed by atoms with E-state index in [-0.39, 0.29) is 6.10 Å². The minimum absolute atomic E-state index is 0.121. The van der Waals surface area contributed by atoms with Crippen molar-refractivity contribution in [2.24, 2.45) is 0 Å². The number of morpholine rings is 1. The van der Waals surface area contributed by atoms with E-state index in [9.17, 15) is 5.26 Å². The van der Waals surface area contributed by atoms with E-state index in [1.165, 1.54) is 0 Å². The highest BCUT2D eigenvalue weighted by atomic mass is 16.5. The quantitative estimate of drug-likeness (QED) is 0.733. The molecule has 0 saturated carbocycles. The highest BCUT2D eigenvalue weighted by molar-refractivity contribution is 5.65. The zero-order valence-electron chi connectivity index (χ0n) is 14.3. The third-order valence-corrected chi connectivity index (χ3v) is 4.64. The van der Waals surface area contributed by atoms with Crippen molar-refractivity contribution in [2.75, 3.05) is 19.7 Å². The molecule has 25 heavy (non-hydrogen) atoms. The summed E-state index contributed by atoms with van der Waals surface area (Å²) < 4.78 is 9.87. The number of aromatic nitrogens is 3. The average Bonchev–Trinajstić information content (AvgIpc) is 3.17. The lowest BCUT2D eigenvalue weighted by molar-refractivity contribution is -0.0402. The predicted octanol–water partition coefficient (Wildman–Crippen LogP) is 2.22. The topological polar surface area (TPSA) is 58.5 Å². The molecular weight excluding hydrogens is 314 g/mol. The summed E-state index contributed by atoms with van der Waals surface area (Å²) in [5.74, 6) is 0. The first-order chi connectivity index (χ1) is 12.2. The molecule has 1 aliphatic heterocycles. The third kappa shape index (κ3) is 3.29. The summed E-state index contributed by atoms with van der Waals surface area (Å²) in [5, 5.41) is 13.9. The largest absolute Gasteiger partial charge is 0.374 e. The maximum Gasteiger partial charge on any atom is 0.102 e. The maximum atomic E-state index is 9.57. The van der Waals surface area contributed by atoms with Crippen LogP contribution in [0, 0.1) is 18.3 Å². The first kappa shape index (κ1) is 15.9. The van der Waals surface area contributed by atoms with Gasteiger partial charge in [-0.25, -0.2) is 0 Å². The molecule has 0 aromatic carbocycles. The van der Waals surface area contributed by atoms with Crippen LogP contribution in [0.15, 0.2) is 43.0 Å². The molecule has 1 fully saturated rings. The summed E-state index contributed by atoms with van der Waals surface area (Å²) in [4.78, 5) is 2.36. The van der Waals surface area contributed by atoms with Crippen molar-refractivity contribution in [3.8, 4) is 6.07 Å². The fourth-order valence-corrected chi connectivity index (χ4v) is 3.48. The second kappa shape index (κ2) is 6.71. The van der Waals surface area contributed by atoms with Gasteiger partial charge in [0.25, 0.3) is 0 Å². The average molecular weight is 335 g/mol. The van der Waals surface area contributed by atoms with Gasteiger partial charge in [-0.2, -0.15) is 10.4 Å². The van der Waals surface area contributed by atoms with Crippen molar-refractivity contribution >= 4 is 5.52 Å². The van der Waals surface area contributed by atoms with Gasteiger partial charge in [-0.1, -0.05) is 6.07 Å². The van der Waals surface area contributed by atoms with Crippen LogP contribution in [0.1, 0.15) is 16.7 Å². The van der Waals surface area contributed by atoms with Crippen LogP contribution in [0.5, 0.6) is 0 Å². The van der Waals surface area contributed by atoms with Crippen LogP contribution < -0.4 is 0 Å². The number of pyridine rings is 1. The van der Waals surface area contributed by atoms with Crippen molar-refractivity contribution in [2.45, 2.75) is 26.1 Å². The minimum Gasteiger partial charge on any atom is -0.374 e. The SMILES string of the molecule is Cc1cnn(CC2CN(Cc3cn4ccccc4c3C#N)CCO2)c1. The molecule has 0 aliphatic carbocycles. The monoisotopic (exact) mass is 335 g/mol. The number of nitrogens with zero attached hydrogens (tertiary/aromatic N) is 5. The van der Waals surface area contributed by atoms with E-state index >= 15 is 0 Å². The Morgan fingerprint density at radius 1 is 1.36 bits per heavy atom. The molecule has 0 amide bonds. The first-order valence-corrected chi connectivity index (χ1v) is 8.54. The van der Waals surface area contributed by atoms with E-state index in [0.29, 0.717) is 6.61 Å². The fraction of sp³-hybridized carbons (Fsp3) is 0.368. The maximum absolute atomic E-state index is 9.57. The predicted molar refractivity (Wildman–Crippen MR) is 94.1 cm³/mol. The van der Waals surface area contributed by atoms with Crippen LogP contribution in [0.2, 0.25) is 0 Å². The molecule has 0 radical (unpaired) electrons. The van der Waals surface area contributed by atoms with Crippen molar-refractivity contribution < 1.29 is 4.74 Å². The number of rotatable bonds is 4. The third-order valence-electron chi connectivity index (χ3n) is 4.64. The number of ether oxygens (including phenoxy) is 1. The molecule has 0 spiro atoms. The first-order valence-electron chi connectivity index (χ1n) is 8.54. The molecule has 1 aliphatic rings. The molecule has 0 bridgehead atoms. The Bertz CT molecular complexity index is 919. The van der Waals surface area contributed by atoms with E-state index in [1.54, 1.807) is 0 Å². The second-order valence-corrected chi connectivity index (χ2v) is 6.60. The van der Waals surface area contributed by atoms with Crippen LogP contribution >= 0.6 is 0 Å². The lowest BCUT2D eigenvalue weighted by atomic mass is 10.1. The van der Waals surface area contributed by atoms with Crippen molar-refractivity contribution in [1.82, 2.24) is 19.1 Å². The molecule has 128 valence electrons. The van der Waals surface area contributed by atoms with E-state index in [2.05, 4.69) is 22.3 Å². The standard InChI is InChI=1S/C19H21N5O/c1-15-9-21-24(10-15)14-17-13-22(6-7-25-17)11-16-12-23-5-3-2-4-19(23)18(16)8-20/h2-5,9-10,12,17H,6-7,11,13-14H2,1H3.